The van der Waals surface area contributed by atoms with Crippen LogP contribution in [0, 0.1) is 0 Å². The fraction of sp³-hybridized carbons (Fsp3) is 0.316. The molecule has 0 aliphatic carbocycles. The van der Waals surface area contributed by atoms with Crippen LogP contribution in [0.2, 0.25) is 5.02 Å². The van der Waals surface area contributed by atoms with E-state index in [1.54, 1.807) is 24.3 Å². The molecule has 0 atom stereocenters. The lowest BCUT2D eigenvalue weighted by Crippen LogP contribution is -2.32. The first-order valence-corrected chi connectivity index (χ1v) is 10.6. The van der Waals surface area contributed by atoms with Crippen LogP contribution in [0.1, 0.15) is 18.4 Å². The lowest BCUT2D eigenvalue weighted by molar-refractivity contribution is -0.121. The Morgan fingerprint density at radius 1 is 1.08 bits per heavy atom. The molecule has 0 saturated heterocycles. The number of anilines is 1. The standard InChI is InChI=1S/C19H23ClN2O3S/c1-26(24,25)22(18-6-3-2-4-7-18)15-5-8-19(23)21-14-13-16-9-11-17(20)12-10-16/h2-4,6-7,9-12H,5,8,13-15H2,1H3,(H,21,23). The molecule has 0 bridgehead atoms. The third-order valence-corrected chi connectivity index (χ3v) is 5.30. The van der Waals surface area contributed by atoms with Crippen LogP contribution < -0.4 is 9.62 Å². The van der Waals surface area contributed by atoms with Crippen LogP contribution in [0.25, 0.3) is 0 Å². The highest BCUT2D eigenvalue weighted by molar-refractivity contribution is 7.92. The zero-order valence-corrected chi connectivity index (χ0v) is 16.3. The van der Waals surface area contributed by atoms with Crippen molar-refractivity contribution in [3.05, 3.63) is 65.2 Å². The second kappa shape index (κ2) is 9.59. The molecule has 26 heavy (non-hydrogen) atoms. The Labute approximate surface area is 160 Å². The van der Waals surface area contributed by atoms with Gasteiger partial charge in [0, 0.05) is 24.5 Å². The molecule has 2 rings (SSSR count). The normalized spacial score (nSPS) is 11.2. The third kappa shape index (κ3) is 6.69. The Morgan fingerprint density at radius 3 is 2.35 bits per heavy atom. The number of para-hydroxylation sites is 1. The number of hydrogen-bond donors (Lipinski definition) is 1. The molecule has 7 heteroatoms. The predicted molar refractivity (Wildman–Crippen MR) is 106 cm³/mol. The van der Waals surface area contributed by atoms with Gasteiger partial charge >= 0.3 is 0 Å². The van der Waals surface area contributed by atoms with Crippen LogP contribution in [-0.2, 0) is 21.2 Å². The quantitative estimate of drug-likeness (QED) is 0.709. The van der Waals surface area contributed by atoms with Crippen LogP contribution >= 0.6 is 11.6 Å². The highest BCUT2D eigenvalue weighted by Gasteiger charge is 2.17. The lowest BCUT2D eigenvalue weighted by Gasteiger charge is -2.22. The van der Waals surface area contributed by atoms with Crippen LogP contribution in [0.3, 0.4) is 0 Å². The van der Waals surface area contributed by atoms with Crippen molar-refractivity contribution in [2.45, 2.75) is 19.3 Å². The van der Waals surface area contributed by atoms with Gasteiger partial charge in [-0.2, -0.15) is 0 Å². The van der Waals surface area contributed by atoms with Crippen molar-refractivity contribution in [3.63, 3.8) is 0 Å². The van der Waals surface area contributed by atoms with Gasteiger partial charge < -0.3 is 5.32 Å². The van der Waals surface area contributed by atoms with Crippen molar-refractivity contribution >= 4 is 33.2 Å². The maximum atomic E-state index is 12.0. The predicted octanol–water partition coefficient (Wildman–Crippen LogP) is 3.25. The summed E-state index contributed by atoms with van der Waals surface area (Å²) < 4.78 is 25.3. The van der Waals surface area contributed by atoms with Crippen LogP contribution in [0.5, 0.6) is 0 Å². The van der Waals surface area contributed by atoms with Crippen LogP contribution in [0.15, 0.2) is 54.6 Å². The molecule has 0 aliphatic heterocycles. The molecule has 0 aromatic heterocycles. The van der Waals surface area contributed by atoms with Crippen molar-refractivity contribution in [3.8, 4) is 0 Å². The Morgan fingerprint density at radius 2 is 1.73 bits per heavy atom. The lowest BCUT2D eigenvalue weighted by atomic mass is 10.1. The summed E-state index contributed by atoms with van der Waals surface area (Å²) in [6.07, 6.45) is 2.63. The first kappa shape index (κ1) is 20.3. The van der Waals surface area contributed by atoms with E-state index in [-0.39, 0.29) is 18.9 Å². The molecular formula is C19H23ClN2O3S. The number of amides is 1. The van der Waals surface area contributed by atoms with Gasteiger partial charge in [-0.05, 0) is 42.7 Å². The summed E-state index contributed by atoms with van der Waals surface area (Å²) in [6, 6.07) is 16.4. The summed E-state index contributed by atoms with van der Waals surface area (Å²) in [4.78, 5) is 12.0. The number of rotatable bonds is 9. The summed E-state index contributed by atoms with van der Waals surface area (Å²) in [5.74, 6) is -0.0829. The number of carbonyl (C=O) groups is 1. The molecule has 0 unspecified atom stereocenters. The second-order valence-corrected chi connectivity index (χ2v) is 8.34. The summed E-state index contributed by atoms with van der Waals surface area (Å²) in [5, 5.41) is 3.54. The van der Waals surface area contributed by atoms with E-state index in [2.05, 4.69) is 5.32 Å². The van der Waals surface area contributed by atoms with Gasteiger partial charge in [0.1, 0.15) is 0 Å². The number of benzene rings is 2. The molecule has 0 saturated carbocycles. The van der Waals surface area contributed by atoms with Crippen molar-refractivity contribution in [2.75, 3.05) is 23.7 Å². The van der Waals surface area contributed by atoms with Gasteiger partial charge in [-0.25, -0.2) is 8.42 Å². The smallest absolute Gasteiger partial charge is 0.232 e. The van der Waals surface area contributed by atoms with Crippen LogP contribution in [0.4, 0.5) is 5.69 Å². The molecule has 0 radical (unpaired) electrons. The number of hydrogen-bond acceptors (Lipinski definition) is 3. The van der Waals surface area contributed by atoms with Gasteiger partial charge in [-0.15, -0.1) is 0 Å². The molecule has 2 aromatic rings. The van der Waals surface area contributed by atoms with Gasteiger partial charge in [0.2, 0.25) is 15.9 Å². The molecule has 5 nitrogen and oxygen atoms in total. The molecule has 0 fully saturated rings. The Kier molecular flexibility index (Phi) is 7.48. The molecule has 0 spiro atoms. The first-order valence-electron chi connectivity index (χ1n) is 8.40. The average molecular weight is 395 g/mol. The van der Waals surface area contributed by atoms with Gasteiger partial charge in [0.05, 0.1) is 11.9 Å². The van der Waals surface area contributed by atoms with E-state index in [1.807, 2.05) is 30.3 Å². The maximum absolute atomic E-state index is 12.0. The zero-order chi connectivity index (χ0) is 19.0. The number of nitrogens with zero attached hydrogens (tertiary/aromatic N) is 1. The van der Waals surface area contributed by atoms with E-state index in [4.69, 9.17) is 11.6 Å². The number of halogens is 1. The van der Waals surface area contributed by atoms with E-state index in [9.17, 15) is 13.2 Å². The fourth-order valence-corrected chi connectivity index (χ4v) is 3.64. The minimum atomic E-state index is -3.38. The third-order valence-electron chi connectivity index (χ3n) is 3.86. The molecule has 0 heterocycles. The van der Waals surface area contributed by atoms with Gasteiger partial charge in [0.15, 0.2) is 0 Å². The van der Waals surface area contributed by atoms with E-state index >= 15 is 0 Å². The summed E-state index contributed by atoms with van der Waals surface area (Å²) >= 11 is 5.84. The van der Waals surface area contributed by atoms with E-state index in [1.165, 1.54) is 10.6 Å². The van der Waals surface area contributed by atoms with Gasteiger partial charge in [-0.1, -0.05) is 41.9 Å². The maximum Gasteiger partial charge on any atom is 0.232 e. The topological polar surface area (TPSA) is 66.5 Å². The zero-order valence-electron chi connectivity index (χ0n) is 14.7. The fourth-order valence-electron chi connectivity index (χ4n) is 2.55. The van der Waals surface area contributed by atoms with Crippen molar-refractivity contribution in [1.29, 1.82) is 0 Å². The molecule has 140 valence electrons. The number of carbonyl (C=O) groups excluding carboxylic acids is 1. The summed E-state index contributed by atoms with van der Waals surface area (Å²) in [7, 11) is -3.38. The molecule has 2 aromatic carbocycles. The highest BCUT2D eigenvalue weighted by Crippen LogP contribution is 2.17. The Balaban J connectivity index is 1.76. The largest absolute Gasteiger partial charge is 0.356 e. The van der Waals surface area contributed by atoms with Crippen molar-refractivity contribution in [2.24, 2.45) is 0 Å². The molecule has 1 N–H and O–H groups in total. The van der Waals surface area contributed by atoms with Crippen molar-refractivity contribution in [1.82, 2.24) is 5.32 Å². The highest BCUT2D eigenvalue weighted by atomic mass is 35.5. The first-order chi connectivity index (χ1) is 12.4. The van der Waals surface area contributed by atoms with Gasteiger partial charge in [-0.3, -0.25) is 9.10 Å². The molecule has 0 aliphatic rings. The summed E-state index contributed by atoms with van der Waals surface area (Å²) in [5.41, 5.74) is 1.71. The number of nitrogens with one attached hydrogen (secondary N) is 1. The molecule has 1 amide bonds. The Hall–Kier alpha value is -2.05. The monoisotopic (exact) mass is 394 g/mol. The second-order valence-electron chi connectivity index (χ2n) is 6.00. The Bertz CT molecular complexity index is 808. The number of sulfonamides is 1. The average Bonchev–Trinajstić information content (AvgIpc) is 2.60. The van der Waals surface area contributed by atoms with E-state index < -0.39 is 10.0 Å². The van der Waals surface area contributed by atoms with Gasteiger partial charge in [0.25, 0.3) is 0 Å². The minimum Gasteiger partial charge on any atom is -0.356 e. The van der Waals surface area contributed by atoms with E-state index in [0.717, 1.165) is 12.0 Å². The SMILES string of the molecule is CS(=O)(=O)N(CCCC(=O)NCCc1ccc(Cl)cc1)c1ccccc1. The molecular weight excluding hydrogens is 372 g/mol. The minimum absolute atomic E-state index is 0.0829. The van der Waals surface area contributed by atoms with E-state index in [0.29, 0.717) is 23.7 Å². The summed E-state index contributed by atoms with van der Waals surface area (Å²) in [6.45, 7) is 0.808. The van der Waals surface area contributed by atoms with Crippen molar-refractivity contribution < 1.29 is 13.2 Å². The van der Waals surface area contributed by atoms with Crippen LogP contribution in [-0.4, -0.2) is 33.7 Å².